The number of halogens is 1. The van der Waals surface area contributed by atoms with Gasteiger partial charge in [-0.1, -0.05) is 29.8 Å². The second-order valence-electron chi connectivity index (χ2n) is 5.81. The van der Waals surface area contributed by atoms with Gasteiger partial charge in [0, 0.05) is 31.1 Å². The number of amides is 2. The molecule has 0 aromatic heterocycles. The Morgan fingerprint density at radius 2 is 2.00 bits per heavy atom. The lowest BCUT2D eigenvalue weighted by atomic mass is 9.95. The third-order valence-corrected chi connectivity index (χ3v) is 4.60. The van der Waals surface area contributed by atoms with Gasteiger partial charge in [-0.25, -0.2) is 0 Å². The summed E-state index contributed by atoms with van der Waals surface area (Å²) in [5.74, 6) is 0.141. The number of nitrogens with zero attached hydrogens (tertiary/aromatic N) is 1. The van der Waals surface area contributed by atoms with Gasteiger partial charge in [0.2, 0.25) is 11.8 Å². The average Bonchev–Trinajstić information content (AvgIpc) is 2.56. The zero-order valence-electron chi connectivity index (χ0n) is 12.3. The molecule has 5 heteroatoms. The van der Waals surface area contributed by atoms with Crippen LogP contribution in [0.4, 0.5) is 0 Å². The van der Waals surface area contributed by atoms with Gasteiger partial charge in [0.25, 0.3) is 0 Å². The predicted molar refractivity (Wildman–Crippen MR) is 86.4 cm³/mol. The van der Waals surface area contributed by atoms with Crippen molar-refractivity contribution in [2.24, 2.45) is 5.92 Å². The van der Waals surface area contributed by atoms with Crippen LogP contribution in [0.15, 0.2) is 30.3 Å². The number of carbonyl (C=O) groups excluding carboxylic acids is 2. The molecule has 1 aromatic carbocycles. The molecule has 0 bridgehead atoms. The summed E-state index contributed by atoms with van der Waals surface area (Å²) in [5, 5.41) is 3.51. The Morgan fingerprint density at radius 3 is 2.59 bits per heavy atom. The molecular formula is C17H19ClN2O2. The molecule has 1 fully saturated rings. The fourth-order valence-corrected chi connectivity index (χ4v) is 3.12. The van der Waals surface area contributed by atoms with Gasteiger partial charge < -0.3 is 10.2 Å². The summed E-state index contributed by atoms with van der Waals surface area (Å²) >= 11 is 5.91. The lowest BCUT2D eigenvalue weighted by Crippen LogP contribution is -2.46. The molecule has 0 unspecified atom stereocenters. The van der Waals surface area contributed by atoms with Gasteiger partial charge in [0.1, 0.15) is 0 Å². The van der Waals surface area contributed by atoms with E-state index in [9.17, 15) is 9.59 Å². The Bertz CT molecular complexity index is 600. The molecule has 2 amide bonds. The topological polar surface area (TPSA) is 49.4 Å². The largest absolute Gasteiger partial charge is 0.355 e. The molecule has 116 valence electrons. The number of hydrogen-bond acceptors (Lipinski definition) is 2. The van der Waals surface area contributed by atoms with Gasteiger partial charge in [0.15, 0.2) is 0 Å². The van der Waals surface area contributed by atoms with Crippen molar-refractivity contribution in [2.75, 3.05) is 19.6 Å². The highest BCUT2D eigenvalue weighted by atomic mass is 35.5. The highest BCUT2D eigenvalue weighted by Gasteiger charge is 2.29. The van der Waals surface area contributed by atoms with Gasteiger partial charge in [-0.3, -0.25) is 9.59 Å². The van der Waals surface area contributed by atoms with E-state index in [0.717, 1.165) is 18.0 Å². The van der Waals surface area contributed by atoms with Crippen LogP contribution in [0.3, 0.4) is 0 Å². The van der Waals surface area contributed by atoms with Crippen LogP contribution in [0.1, 0.15) is 24.8 Å². The zero-order valence-corrected chi connectivity index (χ0v) is 13.1. The van der Waals surface area contributed by atoms with E-state index in [-0.39, 0.29) is 17.7 Å². The fourth-order valence-electron chi connectivity index (χ4n) is 3.00. The smallest absolute Gasteiger partial charge is 0.227 e. The number of nitrogens with one attached hydrogen (secondary N) is 1. The summed E-state index contributed by atoms with van der Waals surface area (Å²) in [6.45, 7) is 1.85. The van der Waals surface area contributed by atoms with Crippen molar-refractivity contribution in [2.45, 2.75) is 19.3 Å². The zero-order chi connectivity index (χ0) is 15.5. The van der Waals surface area contributed by atoms with E-state index >= 15 is 0 Å². The predicted octanol–water partition coefficient (Wildman–Crippen LogP) is 2.48. The number of carbonyl (C=O) groups is 2. The SMILES string of the molecule is O=C1CC[C@H](C(=O)N2CC=C(c3ccc(Cl)cc3)CC2)CN1. The van der Waals surface area contributed by atoms with Gasteiger partial charge in [-0.15, -0.1) is 0 Å². The van der Waals surface area contributed by atoms with Gasteiger partial charge >= 0.3 is 0 Å². The van der Waals surface area contributed by atoms with Gasteiger partial charge in [-0.2, -0.15) is 0 Å². The van der Waals surface area contributed by atoms with Gasteiger partial charge in [-0.05, 0) is 36.1 Å². The summed E-state index contributed by atoms with van der Waals surface area (Å²) in [6.07, 6.45) is 4.09. The minimum atomic E-state index is -0.0665. The molecule has 2 aliphatic rings. The van der Waals surface area contributed by atoms with Crippen LogP contribution in [-0.4, -0.2) is 36.3 Å². The van der Waals surface area contributed by atoms with E-state index < -0.39 is 0 Å². The van der Waals surface area contributed by atoms with Crippen molar-refractivity contribution >= 4 is 29.0 Å². The fraction of sp³-hybridized carbons (Fsp3) is 0.412. The Morgan fingerprint density at radius 1 is 1.23 bits per heavy atom. The Labute approximate surface area is 135 Å². The van der Waals surface area contributed by atoms with Crippen molar-refractivity contribution in [3.63, 3.8) is 0 Å². The second kappa shape index (κ2) is 6.53. The maximum atomic E-state index is 12.5. The van der Waals surface area contributed by atoms with Crippen molar-refractivity contribution < 1.29 is 9.59 Å². The van der Waals surface area contributed by atoms with Gasteiger partial charge in [0.05, 0.1) is 5.92 Å². The van der Waals surface area contributed by atoms with Crippen LogP contribution >= 0.6 is 11.6 Å². The number of piperidine rings is 1. The molecule has 3 rings (SSSR count). The van der Waals surface area contributed by atoms with Crippen LogP contribution in [0, 0.1) is 5.92 Å². The first-order chi connectivity index (χ1) is 10.6. The maximum absolute atomic E-state index is 12.5. The molecule has 1 saturated heterocycles. The molecule has 1 aromatic rings. The van der Waals surface area contributed by atoms with E-state index in [2.05, 4.69) is 11.4 Å². The average molecular weight is 319 g/mol. The quantitative estimate of drug-likeness (QED) is 0.910. The number of rotatable bonds is 2. The van der Waals surface area contributed by atoms with Crippen molar-refractivity contribution in [1.29, 1.82) is 0 Å². The molecule has 1 N–H and O–H groups in total. The Kier molecular flexibility index (Phi) is 4.48. The van der Waals surface area contributed by atoms with Crippen LogP contribution in [0.5, 0.6) is 0 Å². The summed E-state index contributed by atoms with van der Waals surface area (Å²) in [6, 6.07) is 7.81. The van der Waals surface area contributed by atoms with Crippen LogP contribution in [0.2, 0.25) is 5.02 Å². The van der Waals surface area contributed by atoms with Crippen LogP contribution in [0.25, 0.3) is 5.57 Å². The standard InChI is InChI=1S/C17H19ClN2O2/c18-15-4-1-12(2-5-15)13-7-9-20(10-8-13)17(22)14-3-6-16(21)19-11-14/h1-2,4-5,7,14H,3,6,8-11H2,(H,19,21)/t14-/m0/s1. The van der Waals surface area contributed by atoms with E-state index in [1.807, 2.05) is 29.2 Å². The second-order valence-corrected chi connectivity index (χ2v) is 6.25. The summed E-state index contributed by atoms with van der Waals surface area (Å²) in [5.41, 5.74) is 2.43. The Hall–Kier alpha value is -1.81. The highest BCUT2D eigenvalue weighted by molar-refractivity contribution is 6.30. The number of hydrogen-bond donors (Lipinski definition) is 1. The molecule has 0 aliphatic carbocycles. The van der Waals surface area contributed by atoms with Crippen LogP contribution in [-0.2, 0) is 9.59 Å². The minimum absolute atomic E-state index is 0.0487. The van der Waals surface area contributed by atoms with E-state index in [0.29, 0.717) is 25.9 Å². The van der Waals surface area contributed by atoms with Crippen LogP contribution < -0.4 is 5.32 Å². The van der Waals surface area contributed by atoms with Crippen molar-refractivity contribution in [3.8, 4) is 0 Å². The summed E-state index contributed by atoms with van der Waals surface area (Å²) in [7, 11) is 0. The monoisotopic (exact) mass is 318 g/mol. The van der Waals surface area contributed by atoms with Crippen molar-refractivity contribution in [1.82, 2.24) is 10.2 Å². The molecule has 0 spiro atoms. The molecule has 2 heterocycles. The first-order valence-electron chi connectivity index (χ1n) is 7.64. The third-order valence-electron chi connectivity index (χ3n) is 4.35. The molecule has 0 saturated carbocycles. The van der Waals surface area contributed by atoms with E-state index in [4.69, 9.17) is 11.6 Å². The number of benzene rings is 1. The molecule has 1 atom stereocenters. The maximum Gasteiger partial charge on any atom is 0.227 e. The highest BCUT2D eigenvalue weighted by Crippen LogP contribution is 2.25. The lowest BCUT2D eigenvalue weighted by Gasteiger charge is -2.31. The first kappa shape index (κ1) is 15.1. The van der Waals surface area contributed by atoms with E-state index in [1.165, 1.54) is 11.1 Å². The molecule has 4 nitrogen and oxygen atoms in total. The summed E-state index contributed by atoms with van der Waals surface area (Å²) < 4.78 is 0. The van der Waals surface area contributed by atoms with Crippen molar-refractivity contribution in [3.05, 3.63) is 40.9 Å². The third kappa shape index (κ3) is 3.33. The molecular weight excluding hydrogens is 300 g/mol. The molecule has 0 radical (unpaired) electrons. The normalized spacial score (nSPS) is 22.0. The molecule has 22 heavy (non-hydrogen) atoms. The van der Waals surface area contributed by atoms with E-state index in [1.54, 1.807) is 0 Å². The first-order valence-corrected chi connectivity index (χ1v) is 8.02. The minimum Gasteiger partial charge on any atom is -0.355 e. The summed E-state index contributed by atoms with van der Waals surface area (Å²) in [4.78, 5) is 25.5. The molecule has 2 aliphatic heterocycles. The Balaban J connectivity index is 1.61. The lowest BCUT2D eigenvalue weighted by molar-refractivity contribution is -0.137.